The molecule has 3 rings (SSSR count). The van der Waals surface area contributed by atoms with Gasteiger partial charge >= 0.3 is 0 Å². The molecule has 2 fully saturated rings. The molecule has 0 aromatic carbocycles. The molecular weight excluding hydrogens is 244 g/mol. The number of carbonyl (C=O) groups excluding carboxylic acids is 2. The van der Waals surface area contributed by atoms with Gasteiger partial charge in [0.25, 0.3) is 0 Å². The second-order valence-corrected chi connectivity index (χ2v) is 5.28. The zero-order chi connectivity index (χ0) is 13.4. The Bertz CT molecular complexity index is 506. The van der Waals surface area contributed by atoms with E-state index >= 15 is 0 Å². The Balaban J connectivity index is 1.71. The number of nitrogens with zero attached hydrogens (tertiary/aromatic N) is 3. The van der Waals surface area contributed by atoms with Crippen LogP contribution in [0.4, 0.5) is 0 Å². The van der Waals surface area contributed by atoms with E-state index in [1.165, 1.54) is 0 Å². The number of rotatable bonds is 4. The molecule has 102 valence electrons. The molecular formula is C13H18N4O2. The monoisotopic (exact) mass is 262 g/mol. The van der Waals surface area contributed by atoms with Gasteiger partial charge in [0, 0.05) is 24.8 Å². The number of aryl methyl sites for hydroxylation is 1. The molecule has 1 aliphatic heterocycles. The van der Waals surface area contributed by atoms with Gasteiger partial charge in [0.05, 0.1) is 12.7 Å². The van der Waals surface area contributed by atoms with Crippen LogP contribution in [0.1, 0.15) is 25.3 Å². The van der Waals surface area contributed by atoms with Crippen molar-refractivity contribution < 1.29 is 9.59 Å². The van der Waals surface area contributed by atoms with Crippen LogP contribution in [-0.2, 0) is 22.7 Å². The lowest BCUT2D eigenvalue weighted by molar-refractivity contribution is -0.145. The van der Waals surface area contributed by atoms with E-state index in [-0.39, 0.29) is 24.4 Å². The van der Waals surface area contributed by atoms with Gasteiger partial charge in [0.15, 0.2) is 0 Å². The minimum Gasteiger partial charge on any atom is -0.342 e. The molecule has 1 saturated carbocycles. The predicted molar refractivity (Wildman–Crippen MR) is 68.0 cm³/mol. The van der Waals surface area contributed by atoms with Crippen LogP contribution in [0, 0.1) is 5.92 Å². The highest BCUT2D eigenvalue weighted by atomic mass is 16.2. The molecule has 1 atom stereocenters. The van der Waals surface area contributed by atoms with Crippen LogP contribution in [0.25, 0.3) is 0 Å². The van der Waals surface area contributed by atoms with E-state index in [1.54, 1.807) is 11.1 Å². The topological polar surface area (TPSA) is 67.2 Å². The Labute approximate surface area is 111 Å². The van der Waals surface area contributed by atoms with Crippen molar-refractivity contribution in [2.24, 2.45) is 5.92 Å². The first-order valence-corrected chi connectivity index (χ1v) is 6.77. The molecule has 1 aliphatic carbocycles. The smallest absolute Gasteiger partial charge is 0.246 e. The third-order valence-corrected chi connectivity index (χ3v) is 3.71. The Kier molecular flexibility index (Phi) is 3.00. The van der Waals surface area contributed by atoms with Gasteiger partial charge < -0.3 is 10.2 Å². The highest BCUT2D eigenvalue weighted by Crippen LogP contribution is 2.34. The summed E-state index contributed by atoms with van der Waals surface area (Å²) in [6, 6.07) is -0.303. The lowest BCUT2D eigenvalue weighted by Crippen LogP contribution is -2.58. The van der Waals surface area contributed by atoms with Gasteiger partial charge in [-0.25, -0.2) is 0 Å². The molecule has 1 unspecified atom stereocenters. The van der Waals surface area contributed by atoms with E-state index in [1.807, 2.05) is 17.8 Å². The van der Waals surface area contributed by atoms with Gasteiger partial charge in [-0.3, -0.25) is 14.3 Å². The maximum atomic E-state index is 12.3. The fourth-order valence-electron chi connectivity index (χ4n) is 2.49. The number of hydrogen-bond donors (Lipinski definition) is 1. The summed E-state index contributed by atoms with van der Waals surface area (Å²) in [5.74, 6) is 0.336. The Morgan fingerprint density at radius 3 is 2.84 bits per heavy atom. The van der Waals surface area contributed by atoms with Crippen LogP contribution < -0.4 is 5.32 Å². The number of piperazine rings is 1. The van der Waals surface area contributed by atoms with Gasteiger partial charge in [-0.1, -0.05) is 0 Å². The molecule has 0 radical (unpaired) electrons. The Morgan fingerprint density at radius 2 is 2.21 bits per heavy atom. The summed E-state index contributed by atoms with van der Waals surface area (Å²) in [5, 5.41) is 7.00. The van der Waals surface area contributed by atoms with E-state index in [9.17, 15) is 9.59 Å². The van der Waals surface area contributed by atoms with Crippen molar-refractivity contribution in [2.45, 2.75) is 38.9 Å². The lowest BCUT2D eigenvalue weighted by atomic mass is 10.1. The van der Waals surface area contributed by atoms with Crippen LogP contribution in [0.3, 0.4) is 0 Å². The minimum absolute atomic E-state index is 0.0475. The van der Waals surface area contributed by atoms with Crippen LogP contribution in [0.2, 0.25) is 0 Å². The number of carbonyl (C=O) groups is 2. The van der Waals surface area contributed by atoms with E-state index < -0.39 is 0 Å². The van der Waals surface area contributed by atoms with Gasteiger partial charge in [-0.05, 0) is 25.7 Å². The van der Waals surface area contributed by atoms with Crippen LogP contribution in [-0.4, -0.2) is 39.1 Å². The van der Waals surface area contributed by atoms with Gasteiger partial charge in [-0.15, -0.1) is 0 Å². The largest absolute Gasteiger partial charge is 0.342 e. The first-order valence-electron chi connectivity index (χ1n) is 6.77. The molecule has 6 heteroatoms. The number of amides is 2. The van der Waals surface area contributed by atoms with Crippen molar-refractivity contribution in [1.82, 2.24) is 20.0 Å². The average Bonchev–Trinajstić information content (AvgIpc) is 3.13. The van der Waals surface area contributed by atoms with Crippen molar-refractivity contribution in [1.29, 1.82) is 0 Å². The quantitative estimate of drug-likeness (QED) is 0.839. The SMILES string of the molecule is CCn1cc(CN2CC(=O)NC(C3CC3)C2=O)cn1. The molecule has 1 aromatic rings. The van der Waals surface area contributed by atoms with Crippen molar-refractivity contribution in [3.05, 3.63) is 18.0 Å². The van der Waals surface area contributed by atoms with Crippen molar-refractivity contribution in [3.8, 4) is 0 Å². The maximum absolute atomic E-state index is 12.3. The third-order valence-electron chi connectivity index (χ3n) is 3.71. The minimum atomic E-state index is -0.303. The maximum Gasteiger partial charge on any atom is 0.246 e. The Morgan fingerprint density at radius 1 is 1.42 bits per heavy atom. The van der Waals surface area contributed by atoms with Crippen molar-refractivity contribution >= 4 is 11.8 Å². The summed E-state index contributed by atoms with van der Waals surface area (Å²) < 4.78 is 1.82. The van der Waals surface area contributed by atoms with E-state index in [0.717, 1.165) is 24.9 Å². The molecule has 1 saturated heterocycles. The molecule has 2 aliphatic rings. The second kappa shape index (κ2) is 4.68. The summed E-state index contributed by atoms with van der Waals surface area (Å²) in [4.78, 5) is 25.6. The fraction of sp³-hybridized carbons (Fsp3) is 0.615. The zero-order valence-corrected chi connectivity index (χ0v) is 11.0. The lowest BCUT2D eigenvalue weighted by Gasteiger charge is -2.32. The summed E-state index contributed by atoms with van der Waals surface area (Å²) in [7, 11) is 0. The fourth-order valence-corrected chi connectivity index (χ4v) is 2.49. The highest BCUT2D eigenvalue weighted by Gasteiger charge is 2.42. The van der Waals surface area contributed by atoms with Gasteiger partial charge in [0.1, 0.15) is 6.04 Å². The van der Waals surface area contributed by atoms with E-state index in [4.69, 9.17) is 0 Å². The molecule has 2 amide bonds. The van der Waals surface area contributed by atoms with E-state index in [0.29, 0.717) is 12.5 Å². The average molecular weight is 262 g/mol. The van der Waals surface area contributed by atoms with Gasteiger partial charge in [0.2, 0.25) is 11.8 Å². The van der Waals surface area contributed by atoms with Gasteiger partial charge in [-0.2, -0.15) is 5.10 Å². The molecule has 1 N–H and O–H groups in total. The second-order valence-electron chi connectivity index (χ2n) is 5.28. The molecule has 6 nitrogen and oxygen atoms in total. The summed E-state index contributed by atoms with van der Waals surface area (Å²) >= 11 is 0. The molecule has 0 spiro atoms. The first-order chi connectivity index (χ1) is 9.17. The molecule has 19 heavy (non-hydrogen) atoms. The third kappa shape index (κ3) is 2.47. The standard InChI is InChI=1S/C13H18N4O2/c1-2-17-7-9(5-14-17)6-16-8-11(18)15-12(13(16)19)10-3-4-10/h5,7,10,12H,2-4,6,8H2,1H3,(H,15,18). The summed E-state index contributed by atoms with van der Waals surface area (Å²) in [5.41, 5.74) is 0.972. The predicted octanol–water partition coefficient (Wildman–Crippen LogP) is 0.140. The number of nitrogens with one attached hydrogen (secondary N) is 1. The van der Waals surface area contributed by atoms with Crippen LogP contribution in [0.5, 0.6) is 0 Å². The number of aromatic nitrogens is 2. The number of hydrogen-bond acceptors (Lipinski definition) is 3. The Hall–Kier alpha value is -1.85. The van der Waals surface area contributed by atoms with Crippen LogP contribution in [0.15, 0.2) is 12.4 Å². The highest BCUT2D eigenvalue weighted by molar-refractivity contribution is 5.95. The molecule has 1 aromatic heterocycles. The first kappa shape index (κ1) is 12.2. The van der Waals surface area contributed by atoms with Crippen LogP contribution >= 0.6 is 0 Å². The van der Waals surface area contributed by atoms with E-state index in [2.05, 4.69) is 10.4 Å². The van der Waals surface area contributed by atoms with Crippen molar-refractivity contribution in [2.75, 3.05) is 6.54 Å². The molecule has 0 bridgehead atoms. The summed E-state index contributed by atoms with van der Waals surface area (Å²) in [6.07, 6.45) is 5.76. The summed E-state index contributed by atoms with van der Waals surface area (Å²) in [6.45, 7) is 3.44. The zero-order valence-electron chi connectivity index (χ0n) is 11.0. The van der Waals surface area contributed by atoms with Crippen molar-refractivity contribution in [3.63, 3.8) is 0 Å². The normalized spacial score (nSPS) is 23.6. The molecule has 2 heterocycles.